The van der Waals surface area contributed by atoms with Crippen LogP contribution in [0.4, 0.5) is 22.0 Å². The molecule has 0 unspecified atom stereocenters. The minimum atomic E-state index is -1.12. The maximum Gasteiger partial charge on any atom is 0.173 e. The van der Waals surface area contributed by atoms with E-state index in [0.29, 0.717) is 29.2 Å². The summed E-state index contributed by atoms with van der Waals surface area (Å²) in [5, 5.41) is 0. The van der Waals surface area contributed by atoms with E-state index in [1.807, 2.05) is 0 Å². The number of halogens is 5. The lowest BCUT2D eigenvalue weighted by atomic mass is 9.76. The largest absolute Gasteiger partial charge is 0.490 e. The number of hydrogen-bond donors (Lipinski definition) is 0. The number of benzene rings is 3. The van der Waals surface area contributed by atoms with Gasteiger partial charge in [-0.15, -0.1) is 0 Å². The van der Waals surface area contributed by atoms with Crippen molar-refractivity contribution >= 4 is 0 Å². The zero-order valence-electron chi connectivity index (χ0n) is 24.7. The lowest BCUT2D eigenvalue weighted by Gasteiger charge is -2.29. The Morgan fingerprint density at radius 3 is 2.05 bits per heavy atom. The topological polar surface area (TPSA) is 9.23 Å². The molecule has 0 aliphatic heterocycles. The van der Waals surface area contributed by atoms with Crippen LogP contribution in [0, 0.1) is 35.0 Å². The molecule has 0 radical (unpaired) electrons. The SMILES string of the molecule is CCCCCOc1ccc2c(c1F)-c1c-2cc(CCc2ccc(C3CCC(CCCCC)CC3)c(F)c2F)c(F)c1F. The van der Waals surface area contributed by atoms with Crippen LogP contribution in [0.1, 0.15) is 107 Å². The van der Waals surface area contributed by atoms with E-state index in [9.17, 15) is 0 Å². The van der Waals surface area contributed by atoms with E-state index in [2.05, 4.69) is 13.8 Å². The molecule has 3 aromatic rings. The minimum Gasteiger partial charge on any atom is -0.490 e. The van der Waals surface area contributed by atoms with Gasteiger partial charge in [0.05, 0.1) is 6.61 Å². The molecule has 42 heavy (non-hydrogen) atoms. The first-order chi connectivity index (χ1) is 20.3. The molecule has 2 aliphatic rings. The normalized spacial score (nSPS) is 17.5. The fraction of sp³-hybridized carbons (Fsp3) is 0.500. The first-order valence-electron chi connectivity index (χ1n) is 15.8. The number of hydrogen-bond acceptors (Lipinski definition) is 1. The smallest absolute Gasteiger partial charge is 0.173 e. The van der Waals surface area contributed by atoms with Gasteiger partial charge < -0.3 is 4.74 Å². The van der Waals surface area contributed by atoms with Gasteiger partial charge in [-0.25, -0.2) is 22.0 Å². The summed E-state index contributed by atoms with van der Waals surface area (Å²) < 4.78 is 81.3. The predicted octanol–water partition coefficient (Wildman–Crippen LogP) is 11.2. The molecule has 0 atom stereocenters. The van der Waals surface area contributed by atoms with Crippen molar-refractivity contribution in [2.24, 2.45) is 5.92 Å². The lowest BCUT2D eigenvalue weighted by molar-refractivity contribution is 0.292. The minimum absolute atomic E-state index is 0.00888. The number of ether oxygens (including phenoxy) is 1. The van der Waals surface area contributed by atoms with Crippen LogP contribution in [0.25, 0.3) is 22.3 Å². The van der Waals surface area contributed by atoms with Crippen LogP contribution in [0.2, 0.25) is 0 Å². The average Bonchev–Trinajstić information content (AvgIpc) is 2.98. The number of unbranched alkanes of at least 4 members (excludes halogenated alkanes) is 4. The molecule has 1 fully saturated rings. The molecule has 3 aromatic carbocycles. The van der Waals surface area contributed by atoms with Crippen LogP contribution in [0.5, 0.6) is 5.75 Å². The fourth-order valence-corrected chi connectivity index (χ4v) is 6.75. The highest BCUT2D eigenvalue weighted by Crippen LogP contribution is 2.52. The molecular formula is C36H41F5O. The van der Waals surface area contributed by atoms with Gasteiger partial charge in [-0.05, 0) is 103 Å². The van der Waals surface area contributed by atoms with E-state index in [-0.39, 0.29) is 46.8 Å². The highest BCUT2D eigenvalue weighted by molar-refractivity contribution is 6.03. The van der Waals surface area contributed by atoms with Gasteiger partial charge in [-0.3, -0.25) is 0 Å². The van der Waals surface area contributed by atoms with Crippen molar-refractivity contribution in [1.82, 2.24) is 0 Å². The predicted molar refractivity (Wildman–Crippen MR) is 158 cm³/mol. The van der Waals surface area contributed by atoms with Crippen LogP contribution < -0.4 is 4.74 Å². The molecule has 1 saturated carbocycles. The molecule has 5 rings (SSSR count). The monoisotopic (exact) mass is 584 g/mol. The zero-order chi connectivity index (χ0) is 29.8. The Labute approximate surface area is 246 Å². The fourth-order valence-electron chi connectivity index (χ4n) is 6.75. The third kappa shape index (κ3) is 6.09. The van der Waals surface area contributed by atoms with Gasteiger partial charge in [-0.2, -0.15) is 0 Å². The molecule has 0 bridgehead atoms. The summed E-state index contributed by atoms with van der Waals surface area (Å²) in [5.74, 6) is -3.90. The third-order valence-electron chi connectivity index (χ3n) is 9.29. The summed E-state index contributed by atoms with van der Waals surface area (Å²) in [7, 11) is 0. The molecule has 0 saturated heterocycles. The molecule has 0 N–H and O–H groups in total. The molecule has 0 amide bonds. The Morgan fingerprint density at radius 2 is 1.31 bits per heavy atom. The molecule has 226 valence electrons. The quantitative estimate of drug-likeness (QED) is 0.112. The van der Waals surface area contributed by atoms with Crippen molar-refractivity contribution in [3.8, 4) is 28.0 Å². The molecule has 6 heteroatoms. The maximum atomic E-state index is 15.2. The van der Waals surface area contributed by atoms with Gasteiger partial charge in [0.25, 0.3) is 0 Å². The van der Waals surface area contributed by atoms with Gasteiger partial charge in [0.15, 0.2) is 34.8 Å². The second-order valence-electron chi connectivity index (χ2n) is 12.1. The second kappa shape index (κ2) is 13.6. The number of aryl methyl sites for hydroxylation is 2. The third-order valence-corrected chi connectivity index (χ3v) is 9.29. The van der Waals surface area contributed by atoms with Crippen molar-refractivity contribution in [2.75, 3.05) is 6.61 Å². The van der Waals surface area contributed by atoms with Gasteiger partial charge in [0, 0.05) is 11.1 Å². The molecule has 0 heterocycles. The molecule has 1 nitrogen and oxygen atoms in total. The van der Waals surface area contributed by atoms with Gasteiger partial charge >= 0.3 is 0 Å². The Balaban J connectivity index is 1.25. The van der Waals surface area contributed by atoms with Crippen LogP contribution in [0.15, 0.2) is 30.3 Å². The average molecular weight is 585 g/mol. The summed E-state index contributed by atoms with van der Waals surface area (Å²) in [6.45, 7) is 4.60. The molecular weight excluding hydrogens is 543 g/mol. The van der Waals surface area contributed by atoms with Crippen molar-refractivity contribution in [1.29, 1.82) is 0 Å². The first-order valence-corrected chi connectivity index (χ1v) is 15.8. The van der Waals surface area contributed by atoms with E-state index in [1.165, 1.54) is 37.8 Å². The van der Waals surface area contributed by atoms with Crippen molar-refractivity contribution in [3.63, 3.8) is 0 Å². The van der Waals surface area contributed by atoms with Crippen LogP contribution in [0.3, 0.4) is 0 Å². The Kier molecular flexibility index (Phi) is 9.90. The number of rotatable bonds is 13. The van der Waals surface area contributed by atoms with Crippen molar-refractivity contribution < 1.29 is 26.7 Å². The van der Waals surface area contributed by atoms with Gasteiger partial charge in [-0.1, -0.05) is 64.5 Å². The van der Waals surface area contributed by atoms with Crippen LogP contribution in [-0.2, 0) is 12.8 Å². The Bertz CT molecular complexity index is 1410. The molecule has 2 aliphatic carbocycles. The lowest BCUT2D eigenvalue weighted by Crippen LogP contribution is -2.15. The molecule has 0 aromatic heterocycles. The summed E-state index contributed by atoms with van der Waals surface area (Å²) in [5.41, 5.74) is 1.47. The van der Waals surface area contributed by atoms with Gasteiger partial charge in [0.2, 0.25) is 0 Å². The second-order valence-corrected chi connectivity index (χ2v) is 12.1. The van der Waals surface area contributed by atoms with E-state index in [1.54, 1.807) is 18.2 Å². The molecule has 0 spiro atoms. The van der Waals surface area contributed by atoms with E-state index < -0.39 is 29.1 Å². The van der Waals surface area contributed by atoms with Crippen LogP contribution >= 0.6 is 0 Å². The van der Waals surface area contributed by atoms with E-state index in [0.717, 1.165) is 44.9 Å². The Hall–Kier alpha value is -2.89. The highest BCUT2D eigenvalue weighted by atomic mass is 19.2. The maximum absolute atomic E-state index is 15.2. The summed E-state index contributed by atoms with van der Waals surface area (Å²) in [6.07, 6.45) is 11.4. The van der Waals surface area contributed by atoms with E-state index >= 15 is 22.0 Å². The van der Waals surface area contributed by atoms with Crippen molar-refractivity contribution in [3.05, 3.63) is 76.1 Å². The van der Waals surface area contributed by atoms with Crippen molar-refractivity contribution in [2.45, 2.75) is 103 Å². The Morgan fingerprint density at radius 1 is 0.643 bits per heavy atom. The first kappa shape index (κ1) is 30.6. The van der Waals surface area contributed by atoms with E-state index in [4.69, 9.17) is 4.74 Å². The summed E-state index contributed by atoms with van der Waals surface area (Å²) in [6, 6.07) is 7.93. The summed E-state index contributed by atoms with van der Waals surface area (Å²) >= 11 is 0. The standard InChI is InChI=1S/C36H41F5O/c1-3-5-7-9-22-10-12-23(13-11-22)26-17-16-24(32(37)34(26)39)14-15-25-21-28-27-18-19-29(42-20-8-6-4-2)35(40)30(27)31(28)36(41)33(25)38/h16-19,21-23H,3-15,20H2,1-2H3. The highest BCUT2D eigenvalue weighted by Gasteiger charge is 2.34. The van der Waals surface area contributed by atoms with Gasteiger partial charge in [0.1, 0.15) is 0 Å². The van der Waals surface area contributed by atoms with Crippen LogP contribution in [-0.4, -0.2) is 6.61 Å². The summed E-state index contributed by atoms with van der Waals surface area (Å²) in [4.78, 5) is 0. The number of fused-ring (bicyclic) bond motifs is 4. The zero-order valence-corrected chi connectivity index (χ0v) is 24.7.